The number of anilines is 1. The molecule has 3 amide bonds. The van der Waals surface area contributed by atoms with Crippen LogP contribution in [0.1, 0.15) is 20.7 Å². The number of rotatable bonds is 3. The maximum absolute atomic E-state index is 12.0. The third kappa shape index (κ3) is 2.99. The Morgan fingerprint density at radius 1 is 1.32 bits per heavy atom. The summed E-state index contributed by atoms with van der Waals surface area (Å²) in [7, 11) is 0. The number of carbonyl (C=O) groups is 3. The zero-order chi connectivity index (χ0) is 14.6. The van der Waals surface area contributed by atoms with Crippen molar-refractivity contribution in [1.82, 2.24) is 10.4 Å². The number of hydrogen-bond acceptors (Lipinski definition) is 6. The fourth-order valence-electron chi connectivity index (χ4n) is 1.37. The SMILES string of the molecule is NNC(=O)c1cccc(N)c1C(=O)N(N)C(=O)CCl. The van der Waals surface area contributed by atoms with Gasteiger partial charge in [-0.1, -0.05) is 6.07 Å². The molecule has 9 heteroatoms. The van der Waals surface area contributed by atoms with Crippen LogP contribution in [0.2, 0.25) is 0 Å². The number of hydrazine groups is 2. The van der Waals surface area contributed by atoms with Gasteiger partial charge >= 0.3 is 0 Å². The molecule has 1 aromatic carbocycles. The Labute approximate surface area is 113 Å². The second-order valence-corrected chi connectivity index (χ2v) is 3.71. The van der Waals surface area contributed by atoms with Crippen LogP contribution in [-0.4, -0.2) is 28.6 Å². The van der Waals surface area contributed by atoms with Gasteiger partial charge in [0, 0.05) is 5.69 Å². The van der Waals surface area contributed by atoms with E-state index < -0.39 is 23.6 Å². The van der Waals surface area contributed by atoms with E-state index in [0.717, 1.165) is 0 Å². The van der Waals surface area contributed by atoms with Gasteiger partial charge in [0.1, 0.15) is 5.88 Å². The lowest BCUT2D eigenvalue weighted by Gasteiger charge is -2.16. The van der Waals surface area contributed by atoms with Crippen molar-refractivity contribution in [2.75, 3.05) is 11.6 Å². The van der Waals surface area contributed by atoms with Crippen LogP contribution < -0.4 is 22.8 Å². The predicted molar refractivity (Wildman–Crippen MR) is 68.6 cm³/mol. The summed E-state index contributed by atoms with van der Waals surface area (Å²) in [4.78, 5) is 34.8. The van der Waals surface area contributed by atoms with Gasteiger partial charge in [-0.15, -0.1) is 11.6 Å². The quantitative estimate of drug-likeness (QED) is 0.183. The standard InChI is InChI=1S/C10H12ClN5O3/c11-4-7(17)16(14)10(19)8-5(9(18)15-13)2-1-3-6(8)12/h1-3H,4,12-14H2,(H,15,18). The van der Waals surface area contributed by atoms with E-state index in [1.165, 1.54) is 18.2 Å². The molecule has 7 N–H and O–H groups in total. The number of nitrogens with two attached hydrogens (primary N) is 3. The number of alkyl halides is 1. The first-order chi connectivity index (χ1) is 8.93. The van der Waals surface area contributed by atoms with E-state index >= 15 is 0 Å². The van der Waals surface area contributed by atoms with Gasteiger partial charge in [0.25, 0.3) is 17.7 Å². The highest BCUT2D eigenvalue weighted by Gasteiger charge is 2.25. The second kappa shape index (κ2) is 6.14. The van der Waals surface area contributed by atoms with Crippen molar-refractivity contribution in [2.24, 2.45) is 11.7 Å². The first-order valence-electron chi connectivity index (χ1n) is 5.01. The Kier molecular flexibility index (Phi) is 4.81. The molecule has 1 rings (SSSR count). The van der Waals surface area contributed by atoms with Crippen LogP contribution in [0.5, 0.6) is 0 Å². The molecule has 0 aliphatic heterocycles. The summed E-state index contributed by atoms with van der Waals surface area (Å²) in [6, 6.07) is 4.17. The zero-order valence-electron chi connectivity index (χ0n) is 9.72. The fourth-order valence-corrected chi connectivity index (χ4v) is 1.50. The molecule has 0 saturated carbocycles. The van der Waals surface area contributed by atoms with Gasteiger partial charge < -0.3 is 5.73 Å². The smallest absolute Gasteiger partial charge is 0.277 e. The maximum atomic E-state index is 12.0. The van der Waals surface area contributed by atoms with Crippen LogP contribution >= 0.6 is 11.6 Å². The second-order valence-electron chi connectivity index (χ2n) is 3.45. The summed E-state index contributed by atoms with van der Waals surface area (Å²) in [6.07, 6.45) is 0. The number of nitrogens with one attached hydrogen (secondary N) is 1. The topological polar surface area (TPSA) is 145 Å². The number of benzene rings is 1. The van der Waals surface area contributed by atoms with E-state index in [9.17, 15) is 14.4 Å². The minimum atomic E-state index is -0.942. The van der Waals surface area contributed by atoms with Crippen LogP contribution in [0, 0.1) is 0 Å². The molecule has 0 aliphatic rings. The molecule has 0 aliphatic carbocycles. The number of nitrogen functional groups attached to an aromatic ring is 2. The van der Waals surface area contributed by atoms with Crippen molar-refractivity contribution in [2.45, 2.75) is 0 Å². The summed E-state index contributed by atoms with van der Waals surface area (Å²) in [5.41, 5.74) is 7.18. The molecule has 0 radical (unpaired) electrons. The normalized spacial score (nSPS) is 9.84. The first-order valence-corrected chi connectivity index (χ1v) is 5.54. The molecule has 0 saturated heterocycles. The average Bonchev–Trinajstić information content (AvgIpc) is 2.43. The summed E-state index contributed by atoms with van der Waals surface area (Å²) in [5.74, 6) is 7.33. The Morgan fingerprint density at radius 2 is 1.95 bits per heavy atom. The van der Waals surface area contributed by atoms with Crippen molar-refractivity contribution in [3.8, 4) is 0 Å². The predicted octanol–water partition coefficient (Wildman–Crippen LogP) is -1.05. The van der Waals surface area contributed by atoms with Gasteiger partial charge in [-0.25, -0.2) is 16.7 Å². The van der Waals surface area contributed by atoms with Crippen molar-refractivity contribution >= 4 is 35.0 Å². The van der Waals surface area contributed by atoms with E-state index in [1.807, 2.05) is 5.43 Å². The minimum Gasteiger partial charge on any atom is -0.398 e. The Morgan fingerprint density at radius 3 is 2.47 bits per heavy atom. The maximum Gasteiger partial charge on any atom is 0.277 e. The largest absolute Gasteiger partial charge is 0.398 e. The van der Waals surface area contributed by atoms with Gasteiger partial charge in [0.2, 0.25) is 0 Å². The molecule has 19 heavy (non-hydrogen) atoms. The molecule has 0 fully saturated rings. The van der Waals surface area contributed by atoms with Crippen molar-refractivity contribution in [3.63, 3.8) is 0 Å². The number of halogens is 1. The lowest BCUT2D eigenvalue weighted by Crippen LogP contribution is -2.44. The van der Waals surface area contributed by atoms with E-state index in [4.69, 9.17) is 29.0 Å². The molecule has 0 spiro atoms. The fraction of sp³-hybridized carbons (Fsp3) is 0.100. The molecule has 0 atom stereocenters. The molecule has 1 aromatic rings. The van der Waals surface area contributed by atoms with Crippen LogP contribution in [0.4, 0.5) is 5.69 Å². The molecule has 8 nitrogen and oxygen atoms in total. The molecule has 0 heterocycles. The van der Waals surface area contributed by atoms with Crippen LogP contribution in [-0.2, 0) is 4.79 Å². The van der Waals surface area contributed by atoms with Gasteiger partial charge in [-0.3, -0.25) is 19.8 Å². The molecular formula is C10H12ClN5O3. The highest BCUT2D eigenvalue weighted by atomic mass is 35.5. The van der Waals surface area contributed by atoms with Crippen molar-refractivity contribution in [3.05, 3.63) is 29.3 Å². The third-order valence-electron chi connectivity index (χ3n) is 2.29. The van der Waals surface area contributed by atoms with Gasteiger partial charge in [-0.2, -0.15) is 0 Å². The van der Waals surface area contributed by atoms with Gasteiger partial charge in [-0.05, 0) is 12.1 Å². The summed E-state index contributed by atoms with van der Waals surface area (Å²) >= 11 is 5.29. The van der Waals surface area contributed by atoms with E-state index in [-0.39, 0.29) is 16.8 Å². The number of carbonyl (C=O) groups excluding carboxylic acids is 3. The Bertz CT molecular complexity index is 534. The molecule has 0 unspecified atom stereocenters. The van der Waals surface area contributed by atoms with Crippen molar-refractivity contribution < 1.29 is 14.4 Å². The number of amides is 3. The number of hydrogen-bond donors (Lipinski definition) is 4. The molecule has 0 bridgehead atoms. The molecule has 102 valence electrons. The van der Waals surface area contributed by atoms with Gasteiger partial charge in [0.15, 0.2) is 0 Å². The lowest BCUT2D eigenvalue weighted by atomic mass is 10.0. The third-order valence-corrected chi connectivity index (χ3v) is 2.52. The van der Waals surface area contributed by atoms with E-state index in [0.29, 0.717) is 5.01 Å². The van der Waals surface area contributed by atoms with E-state index in [2.05, 4.69) is 0 Å². The summed E-state index contributed by atoms with van der Waals surface area (Å²) in [5, 5.41) is 0.298. The van der Waals surface area contributed by atoms with Gasteiger partial charge in [0.05, 0.1) is 11.1 Å². The van der Waals surface area contributed by atoms with E-state index in [1.54, 1.807) is 0 Å². The molecular weight excluding hydrogens is 274 g/mol. The highest BCUT2D eigenvalue weighted by Crippen LogP contribution is 2.18. The highest BCUT2D eigenvalue weighted by molar-refractivity contribution is 6.29. The van der Waals surface area contributed by atoms with Crippen LogP contribution in [0.15, 0.2) is 18.2 Å². The summed E-state index contributed by atoms with van der Waals surface area (Å²) in [6.45, 7) is 0. The Hall–Kier alpha value is -2.16. The monoisotopic (exact) mass is 285 g/mol. The number of imide groups is 1. The number of nitrogens with zero attached hydrogens (tertiary/aromatic N) is 1. The summed E-state index contributed by atoms with van der Waals surface area (Å²) < 4.78 is 0. The first kappa shape index (κ1) is 14.9. The lowest BCUT2D eigenvalue weighted by molar-refractivity contribution is -0.126. The minimum absolute atomic E-state index is 0.0103. The average molecular weight is 286 g/mol. The van der Waals surface area contributed by atoms with Crippen LogP contribution in [0.3, 0.4) is 0 Å². The zero-order valence-corrected chi connectivity index (χ0v) is 10.5. The van der Waals surface area contributed by atoms with Crippen LogP contribution in [0.25, 0.3) is 0 Å². The van der Waals surface area contributed by atoms with Crippen molar-refractivity contribution in [1.29, 1.82) is 0 Å². The Balaban J connectivity index is 3.29. The molecule has 0 aromatic heterocycles.